The van der Waals surface area contributed by atoms with Crippen molar-refractivity contribution in [3.63, 3.8) is 0 Å². The smallest absolute Gasteiger partial charge is 0.158 e. The zero-order chi connectivity index (χ0) is 14.3. The third-order valence-corrected chi connectivity index (χ3v) is 3.65. The van der Waals surface area contributed by atoms with Gasteiger partial charge in [-0.05, 0) is 24.1 Å². The lowest BCUT2D eigenvalue weighted by Gasteiger charge is -2.08. The van der Waals surface area contributed by atoms with Gasteiger partial charge in [0, 0.05) is 6.07 Å². The molecule has 2 aromatic heterocycles. The van der Waals surface area contributed by atoms with E-state index in [0.29, 0.717) is 21.9 Å². The van der Waals surface area contributed by atoms with Gasteiger partial charge in [0.1, 0.15) is 16.1 Å². The normalized spacial score (nSPS) is 11.2. The first-order chi connectivity index (χ1) is 9.60. The molecule has 0 N–H and O–H groups in total. The van der Waals surface area contributed by atoms with Gasteiger partial charge in [0.15, 0.2) is 5.65 Å². The van der Waals surface area contributed by atoms with Gasteiger partial charge in [-0.15, -0.1) is 0 Å². The van der Waals surface area contributed by atoms with Crippen LogP contribution in [0.15, 0.2) is 30.3 Å². The van der Waals surface area contributed by atoms with Crippen LogP contribution in [0.4, 0.5) is 4.39 Å². The topological polar surface area (TPSA) is 30.2 Å². The maximum atomic E-state index is 13.4. The van der Waals surface area contributed by atoms with Crippen molar-refractivity contribution in [3.8, 4) is 11.1 Å². The van der Waals surface area contributed by atoms with Gasteiger partial charge in [0.2, 0.25) is 0 Å². The molecule has 2 heterocycles. The number of halogens is 3. The van der Waals surface area contributed by atoms with E-state index in [9.17, 15) is 4.39 Å². The van der Waals surface area contributed by atoms with Crippen LogP contribution in [0, 0.1) is 5.82 Å². The minimum Gasteiger partial charge on any atom is -0.216 e. The fourth-order valence-electron chi connectivity index (χ4n) is 2.05. The number of nitrogens with zero attached hydrogens (tertiary/aromatic N) is 3. The van der Waals surface area contributed by atoms with E-state index >= 15 is 0 Å². The highest BCUT2D eigenvalue weighted by Gasteiger charge is 2.16. The number of aromatic nitrogens is 3. The SMILES string of the molecule is CCc1cc2nc(Cl)c(-c3cccc(F)c3)c(Cl)n2n1. The number of aryl methyl sites for hydroxylation is 1. The van der Waals surface area contributed by atoms with Crippen LogP contribution in [-0.4, -0.2) is 14.6 Å². The Morgan fingerprint density at radius 1 is 1.25 bits per heavy atom. The van der Waals surface area contributed by atoms with Gasteiger partial charge < -0.3 is 0 Å². The lowest BCUT2D eigenvalue weighted by Crippen LogP contribution is -1.97. The molecule has 0 aliphatic heterocycles. The number of hydrogen-bond acceptors (Lipinski definition) is 2. The van der Waals surface area contributed by atoms with Crippen LogP contribution >= 0.6 is 23.2 Å². The molecule has 0 fully saturated rings. The Hall–Kier alpha value is -1.65. The predicted molar refractivity (Wildman–Crippen MR) is 77.8 cm³/mol. The Morgan fingerprint density at radius 2 is 2.05 bits per heavy atom. The van der Waals surface area contributed by atoms with E-state index in [1.54, 1.807) is 12.1 Å². The molecule has 0 aliphatic rings. The Morgan fingerprint density at radius 3 is 2.75 bits per heavy atom. The number of hydrogen-bond donors (Lipinski definition) is 0. The Labute approximate surface area is 125 Å². The van der Waals surface area contributed by atoms with E-state index in [0.717, 1.165) is 12.1 Å². The molecule has 0 saturated carbocycles. The van der Waals surface area contributed by atoms with Crippen molar-refractivity contribution in [2.24, 2.45) is 0 Å². The van der Waals surface area contributed by atoms with Crippen molar-refractivity contribution in [2.45, 2.75) is 13.3 Å². The molecule has 0 bridgehead atoms. The second-order valence-corrected chi connectivity index (χ2v) is 5.05. The van der Waals surface area contributed by atoms with Gasteiger partial charge in [-0.2, -0.15) is 5.10 Å². The lowest BCUT2D eigenvalue weighted by molar-refractivity contribution is 0.628. The second-order valence-electron chi connectivity index (χ2n) is 4.34. The van der Waals surface area contributed by atoms with Crippen molar-refractivity contribution in [3.05, 3.63) is 52.1 Å². The molecule has 0 unspecified atom stereocenters. The third kappa shape index (κ3) is 2.15. The third-order valence-electron chi connectivity index (χ3n) is 3.03. The Kier molecular flexibility index (Phi) is 3.36. The van der Waals surface area contributed by atoms with Crippen molar-refractivity contribution < 1.29 is 4.39 Å². The van der Waals surface area contributed by atoms with E-state index in [4.69, 9.17) is 23.2 Å². The average Bonchev–Trinajstić information content (AvgIpc) is 2.82. The zero-order valence-corrected chi connectivity index (χ0v) is 12.1. The van der Waals surface area contributed by atoms with Crippen LogP contribution in [0.5, 0.6) is 0 Å². The summed E-state index contributed by atoms with van der Waals surface area (Å²) in [6.07, 6.45) is 0.770. The summed E-state index contributed by atoms with van der Waals surface area (Å²) < 4.78 is 14.9. The van der Waals surface area contributed by atoms with Crippen molar-refractivity contribution >= 4 is 28.8 Å². The van der Waals surface area contributed by atoms with E-state index in [1.807, 2.05) is 13.0 Å². The van der Waals surface area contributed by atoms with Gasteiger partial charge >= 0.3 is 0 Å². The van der Waals surface area contributed by atoms with Gasteiger partial charge in [0.25, 0.3) is 0 Å². The Balaban J connectivity index is 2.30. The van der Waals surface area contributed by atoms with Gasteiger partial charge in [0.05, 0.1) is 11.3 Å². The number of benzene rings is 1. The molecule has 0 amide bonds. The van der Waals surface area contributed by atoms with Crippen LogP contribution in [0.2, 0.25) is 10.3 Å². The van der Waals surface area contributed by atoms with Crippen molar-refractivity contribution in [2.75, 3.05) is 0 Å². The highest BCUT2D eigenvalue weighted by atomic mass is 35.5. The van der Waals surface area contributed by atoms with Crippen LogP contribution in [0.3, 0.4) is 0 Å². The lowest BCUT2D eigenvalue weighted by atomic mass is 10.1. The molecule has 0 radical (unpaired) electrons. The number of fused-ring (bicyclic) bond motifs is 1. The quantitative estimate of drug-likeness (QED) is 0.657. The fraction of sp³-hybridized carbons (Fsp3) is 0.143. The van der Waals surface area contributed by atoms with Crippen LogP contribution < -0.4 is 0 Å². The summed E-state index contributed by atoms with van der Waals surface area (Å²) in [5.74, 6) is -0.357. The highest BCUT2D eigenvalue weighted by Crippen LogP contribution is 2.34. The first-order valence-corrected chi connectivity index (χ1v) is 6.85. The summed E-state index contributed by atoms with van der Waals surface area (Å²) in [7, 11) is 0. The average molecular weight is 310 g/mol. The molecule has 3 aromatic rings. The second kappa shape index (κ2) is 5.04. The summed E-state index contributed by atoms with van der Waals surface area (Å²) in [5, 5.41) is 4.91. The molecule has 0 spiro atoms. The maximum Gasteiger partial charge on any atom is 0.158 e. The van der Waals surface area contributed by atoms with Gasteiger partial charge in [-0.25, -0.2) is 13.9 Å². The standard InChI is InChI=1S/C14H10Cl2FN3/c1-2-10-7-11-18-13(15)12(14(16)20(11)19-10)8-4-3-5-9(17)6-8/h3-7H,2H2,1H3. The highest BCUT2D eigenvalue weighted by molar-refractivity contribution is 6.38. The fourth-order valence-corrected chi connectivity index (χ4v) is 2.70. The molecule has 6 heteroatoms. The minimum atomic E-state index is -0.357. The van der Waals surface area contributed by atoms with Crippen LogP contribution in [-0.2, 0) is 6.42 Å². The summed E-state index contributed by atoms with van der Waals surface area (Å²) in [5.41, 5.74) is 2.50. The summed E-state index contributed by atoms with van der Waals surface area (Å²) in [6, 6.07) is 7.88. The molecule has 0 aliphatic carbocycles. The molecule has 3 nitrogen and oxygen atoms in total. The first-order valence-electron chi connectivity index (χ1n) is 6.09. The number of rotatable bonds is 2. The molecule has 102 valence electrons. The van der Waals surface area contributed by atoms with E-state index in [-0.39, 0.29) is 11.0 Å². The largest absolute Gasteiger partial charge is 0.216 e. The monoisotopic (exact) mass is 309 g/mol. The van der Waals surface area contributed by atoms with Crippen molar-refractivity contribution in [1.29, 1.82) is 0 Å². The molecule has 20 heavy (non-hydrogen) atoms. The minimum absolute atomic E-state index is 0.232. The predicted octanol–water partition coefficient (Wildman–Crippen LogP) is 4.40. The van der Waals surface area contributed by atoms with Crippen molar-refractivity contribution in [1.82, 2.24) is 14.6 Å². The summed E-state index contributed by atoms with van der Waals surface area (Å²) in [4.78, 5) is 4.27. The van der Waals surface area contributed by atoms with E-state index in [1.165, 1.54) is 16.6 Å². The van der Waals surface area contributed by atoms with Gasteiger partial charge in [-0.1, -0.05) is 42.3 Å². The Bertz CT molecular complexity index is 798. The van der Waals surface area contributed by atoms with E-state index in [2.05, 4.69) is 10.1 Å². The molecular formula is C14H10Cl2FN3. The van der Waals surface area contributed by atoms with Gasteiger partial charge in [-0.3, -0.25) is 0 Å². The molecule has 0 atom stereocenters. The van der Waals surface area contributed by atoms with E-state index < -0.39 is 0 Å². The zero-order valence-electron chi connectivity index (χ0n) is 10.6. The summed E-state index contributed by atoms with van der Waals surface area (Å²) >= 11 is 12.5. The molecular weight excluding hydrogens is 300 g/mol. The first kappa shape index (κ1) is 13.3. The summed E-state index contributed by atoms with van der Waals surface area (Å²) in [6.45, 7) is 1.99. The van der Waals surface area contributed by atoms with Crippen LogP contribution in [0.25, 0.3) is 16.8 Å². The molecule has 0 saturated heterocycles. The van der Waals surface area contributed by atoms with Crippen LogP contribution in [0.1, 0.15) is 12.6 Å². The molecule has 1 aromatic carbocycles. The molecule has 3 rings (SSSR count). The maximum absolute atomic E-state index is 13.4.